The van der Waals surface area contributed by atoms with Crippen molar-refractivity contribution in [2.45, 2.75) is 6.92 Å². The Morgan fingerprint density at radius 3 is 2.71 bits per heavy atom. The number of carbonyl (C=O) groups excluding carboxylic acids is 1. The molecule has 0 spiro atoms. The summed E-state index contributed by atoms with van der Waals surface area (Å²) in [6, 6.07) is 16.5. The van der Waals surface area contributed by atoms with Crippen LogP contribution < -0.4 is 10.2 Å². The monoisotopic (exact) mass is 279 g/mol. The molecule has 21 heavy (non-hydrogen) atoms. The normalized spacial score (nSPS) is 9.76. The van der Waals surface area contributed by atoms with Gasteiger partial charge in [0.05, 0.1) is 17.2 Å². The molecule has 4 heteroatoms. The minimum absolute atomic E-state index is 0.110. The number of nitrogens with zero attached hydrogens (tertiary/aromatic N) is 2. The van der Waals surface area contributed by atoms with Crippen LogP contribution in [0.4, 0.5) is 11.4 Å². The van der Waals surface area contributed by atoms with Crippen molar-refractivity contribution < 1.29 is 4.79 Å². The van der Waals surface area contributed by atoms with Crippen molar-refractivity contribution in [3.05, 3.63) is 59.7 Å². The summed E-state index contributed by atoms with van der Waals surface area (Å²) >= 11 is 0. The maximum atomic E-state index is 12.6. The highest BCUT2D eigenvalue weighted by Gasteiger charge is 2.16. The Kier molecular flexibility index (Phi) is 4.57. The predicted octanol–water partition coefficient (Wildman–Crippen LogP) is 3.27. The summed E-state index contributed by atoms with van der Waals surface area (Å²) in [7, 11) is 1.71. The van der Waals surface area contributed by atoms with E-state index in [2.05, 4.69) is 11.4 Å². The standard InChI is InChI=1S/C17H17N3O/c1-3-19-16-10-5-4-9-15(16)17(21)20(2)14-8-6-7-13(11-14)12-18/h4-11,19H,3H2,1-2H3. The Labute approximate surface area is 124 Å². The second kappa shape index (κ2) is 6.58. The fourth-order valence-corrected chi connectivity index (χ4v) is 2.10. The lowest BCUT2D eigenvalue weighted by molar-refractivity contribution is 0.0994. The summed E-state index contributed by atoms with van der Waals surface area (Å²) in [6.45, 7) is 2.74. The van der Waals surface area contributed by atoms with Crippen LogP contribution >= 0.6 is 0 Å². The molecule has 0 aliphatic carbocycles. The highest BCUT2D eigenvalue weighted by Crippen LogP contribution is 2.21. The van der Waals surface area contributed by atoms with E-state index in [1.165, 1.54) is 0 Å². The van der Waals surface area contributed by atoms with E-state index in [-0.39, 0.29) is 5.91 Å². The molecule has 0 saturated carbocycles. The molecule has 0 unspecified atom stereocenters. The van der Waals surface area contributed by atoms with Crippen LogP contribution in [0.15, 0.2) is 48.5 Å². The number of benzene rings is 2. The van der Waals surface area contributed by atoms with Gasteiger partial charge >= 0.3 is 0 Å². The summed E-state index contributed by atoms with van der Waals surface area (Å²) < 4.78 is 0. The van der Waals surface area contributed by atoms with Gasteiger partial charge in [0.2, 0.25) is 0 Å². The third-order valence-electron chi connectivity index (χ3n) is 3.19. The minimum Gasteiger partial charge on any atom is -0.385 e. The molecule has 0 heterocycles. The molecule has 2 aromatic rings. The van der Waals surface area contributed by atoms with Crippen molar-refractivity contribution in [3.63, 3.8) is 0 Å². The van der Waals surface area contributed by atoms with Gasteiger partial charge in [0.1, 0.15) is 0 Å². The summed E-state index contributed by atoms with van der Waals surface area (Å²) in [5.41, 5.74) is 2.66. The van der Waals surface area contributed by atoms with E-state index in [0.29, 0.717) is 16.8 Å². The summed E-state index contributed by atoms with van der Waals surface area (Å²) in [6.07, 6.45) is 0. The Balaban J connectivity index is 2.33. The van der Waals surface area contributed by atoms with Crippen LogP contribution in [-0.4, -0.2) is 19.5 Å². The minimum atomic E-state index is -0.110. The molecule has 0 aliphatic rings. The van der Waals surface area contributed by atoms with Crippen LogP contribution in [0.5, 0.6) is 0 Å². The van der Waals surface area contributed by atoms with Gasteiger partial charge in [0.15, 0.2) is 0 Å². The largest absolute Gasteiger partial charge is 0.385 e. The molecule has 4 nitrogen and oxygen atoms in total. The number of amides is 1. The second-order valence-electron chi connectivity index (χ2n) is 4.60. The lowest BCUT2D eigenvalue weighted by Gasteiger charge is -2.19. The van der Waals surface area contributed by atoms with Crippen LogP contribution in [0, 0.1) is 11.3 Å². The topological polar surface area (TPSA) is 56.1 Å². The summed E-state index contributed by atoms with van der Waals surface area (Å²) in [4.78, 5) is 14.2. The van der Waals surface area contributed by atoms with Crippen molar-refractivity contribution in [1.29, 1.82) is 5.26 Å². The van der Waals surface area contributed by atoms with Gasteiger partial charge in [0.25, 0.3) is 5.91 Å². The molecule has 0 aromatic heterocycles. The van der Waals surface area contributed by atoms with Crippen molar-refractivity contribution >= 4 is 17.3 Å². The van der Waals surface area contributed by atoms with Crippen molar-refractivity contribution in [1.82, 2.24) is 0 Å². The first-order valence-corrected chi connectivity index (χ1v) is 6.78. The third-order valence-corrected chi connectivity index (χ3v) is 3.19. The van der Waals surface area contributed by atoms with Gasteiger partial charge in [-0.3, -0.25) is 4.79 Å². The number of anilines is 2. The lowest BCUT2D eigenvalue weighted by atomic mass is 10.1. The molecule has 0 atom stereocenters. The van der Waals surface area contributed by atoms with Crippen LogP contribution in [0.25, 0.3) is 0 Å². The highest BCUT2D eigenvalue weighted by atomic mass is 16.2. The van der Waals surface area contributed by atoms with Gasteiger partial charge in [-0.25, -0.2) is 0 Å². The van der Waals surface area contributed by atoms with Crippen molar-refractivity contribution in [2.75, 3.05) is 23.8 Å². The Morgan fingerprint density at radius 2 is 2.00 bits per heavy atom. The van der Waals surface area contributed by atoms with E-state index in [1.54, 1.807) is 36.2 Å². The first kappa shape index (κ1) is 14.6. The van der Waals surface area contributed by atoms with Gasteiger partial charge < -0.3 is 10.2 Å². The number of rotatable bonds is 4. The zero-order valence-electron chi connectivity index (χ0n) is 12.1. The second-order valence-corrected chi connectivity index (χ2v) is 4.60. The summed E-state index contributed by atoms with van der Waals surface area (Å²) in [5.74, 6) is -0.110. The van der Waals surface area contributed by atoms with Gasteiger partial charge in [-0.05, 0) is 37.3 Å². The first-order chi connectivity index (χ1) is 10.2. The molecule has 0 saturated heterocycles. The molecule has 0 radical (unpaired) electrons. The van der Waals surface area contributed by atoms with Crippen LogP contribution in [0.1, 0.15) is 22.8 Å². The first-order valence-electron chi connectivity index (χ1n) is 6.78. The average Bonchev–Trinajstić information content (AvgIpc) is 2.54. The van der Waals surface area contributed by atoms with E-state index in [1.807, 2.05) is 31.2 Å². The SMILES string of the molecule is CCNc1ccccc1C(=O)N(C)c1cccc(C#N)c1. The van der Waals surface area contributed by atoms with E-state index in [0.717, 1.165) is 12.2 Å². The molecule has 106 valence electrons. The summed E-state index contributed by atoms with van der Waals surface area (Å²) in [5, 5.41) is 12.1. The number of hydrogen-bond donors (Lipinski definition) is 1. The van der Waals surface area contributed by atoms with Gasteiger partial charge in [-0.15, -0.1) is 0 Å². The quantitative estimate of drug-likeness (QED) is 0.934. The smallest absolute Gasteiger partial charge is 0.260 e. The molecule has 2 aromatic carbocycles. The molecule has 0 bridgehead atoms. The molecule has 1 N–H and O–H groups in total. The van der Waals surface area contributed by atoms with Gasteiger partial charge in [0, 0.05) is 25.0 Å². The fraction of sp³-hybridized carbons (Fsp3) is 0.176. The molecule has 0 fully saturated rings. The van der Waals surface area contributed by atoms with Gasteiger partial charge in [-0.1, -0.05) is 18.2 Å². The Morgan fingerprint density at radius 1 is 1.24 bits per heavy atom. The van der Waals surface area contributed by atoms with Gasteiger partial charge in [-0.2, -0.15) is 5.26 Å². The van der Waals surface area contributed by atoms with Crippen molar-refractivity contribution in [2.24, 2.45) is 0 Å². The molecule has 2 rings (SSSR count). The zero-order valence-corrected chi connectivity index (χ0v) is 12.1. The van der Waals surface area contributed by atoms with E-state index in [9.17, 15) is 4.79 Å². The molecule has 0 aliphatic heterocycles. The zero-order chi connectivity index (χ0) is 15.2. The lowest BCUT2D eigenvalue weighted by Crippen LogP contribution is -2.27. The fourth-order valence-electron chi connectivity index (χ4n) is 2.10. The molecular formula is C17H17N3O. The van der Waals surface area contributed by atoms with Crippen LogP contribution in [0.2, 0.25) is 0 Å². The third kappa shape index (κ3) is 3.21. The number of nitriles is 1. The molecular weight excluding hydrogens is 262 g/mol. The van der Waals surface area contributed by atoms with E-state index >= 15 is 0 Å². The highest BCUT2D eigenvalue weighted by molar-refractivity contribution is 6.09. The average molecular weight is 279 g/mol. The Bertz CT molecular complexity index is 688. The Hall–Kier alpha value is -2.80. The maximum absolute atomic E-state index is 12.6. The van der Waals surface area contributed by atoms with E-state index in [4.69, 9.17) is 5.26 Å². The predicted molar refractivity (Wildman–Crippen MR) is 84.5 cm³/mol. The number of nitrogens with one attached hydrogen (secondary N) is 1. The number of hydrogen-bond acceptors (Lipinski definition) is 3. The maximum Gasteiger partial charge on any atom is 0.260 e. The van der Waals surface area contributed by atoms with E-state index < -0.39 is 0 Å². The molecule has 1 amide bonds. The van der Waals surface area contributed by atoms with Crippen LogP contribution in [0.3, 0.4) is 0 Å². The number of para-hydroxylation sites is 1. The van der Waals surface area contributed by atoms with Crippen LogP contribution in [-0.2, 0) is 0 Å². The van der Waals surface area contributed by atoms with Crippen molar-refractivity contribution in [3.8, 4) is 6.07 Å². The number of carbonyl (C=O) groups is 1.